The molecule has 1 aliphatic heterocycles. The predicted octanol–water partition coefficient (Wildman–Crippen LogP) is 3.05. The van der Waals surface area contributed by atoms with Crippen molar-refractivity contribution in [2.45, 2.75) is 59.4 Å². The minimum Gasteiger partial charge on any atom is -0.444 e. The summed E-state index contributed by atoms with van der Waals surface area (Å²) in [6, 6.07) is 2.15. The highest BCUT2D eigenvalue weighted by atomic mass is 16.5. The molecule has 2 aliphatic rings. The Kier molecular flexibility index (Phi) is 4.19. The first-order chi connectivity index (χ1) is 11.8. The van der Waals surface area contributed by atoms with E-state index in [1.807, 2.05) is 25.5 Å². The molecule has 0 unspecified atom stereocenters. The van der Waals surface area contributed by atoms with Crippen molar-refractivity contribution < 1.29 is 9.53 Å². The standard InChI is InChI=1S/C19H24N4O2/c1-5-6-23-11(2)13(10-22-23)16-12(9-20)18(21)25-15-8-19(3,4)7-14(24)17(15)16/h10,16H,5-8,21H2,1-4H3/t16-/m1/s1. The van der Waals surface area contributed by atoms with Crippen LogP contribution in [0.25, 0.3) is 0 Å². The zero-order valence-corrected chi connectivity index (χ0v) is 15.2. The van der Waals surface area contributed by atoms with E-state index in [1.54, 1.807) is 6.20 Å². The molecule has 1 atom stereocenters. The number of rotatable bonds is 3. The zero-order valence-electron chi connectivity index (χ0n) is 15.2. The van der Waals surface area contributed by atoms with Gasteiger partial charge in [-0.25, -0.2) is 0 Å². The molecule has 2 heterocycles. The van der Waals surface area contributed by atoms with Gasteiger partial charge in [0.15, 0.2) is 5.78 Å². The summed E-state index contributed by atoms with van der Waals surface area (Å²) < 4.78 is 7.62. The summed E-state index contributed by atoms with van der Waals surface area (Å²) in [6.45, 7) is 8.93. The molecular formula is C19H24N4O2. The smallest absolute Gasteiger partial charge is 0.205 e. The first kappa shape index (κ1) is 17.3. The van der Waals surface area contributed by atoms with E-state index >= 15 is 0 Å². The van der Waals surface area contributed by atoms with Crippen LogP contribution in [0, 0.1) is 23.7 Å². The second kappa shape index (κ2) is 6.07. The number of ketones is 1. The number of Topliss-reactive ketones (excluding diaryl/α,β-unsaturated/α-hetero) is 1. The van der Waals surface area contributed by atoms with Crippen LogP contribution in [0.3, 0.4) is 0 Å². The average molecular weight is 340 g/mol. The van der Waals surface area contributed by atoms with Crippen LogP contribution >= 0.6 is 0 Å². The van der Waals surface area contributed by atoms with Crippen molar-refractivity contribution in [1.29, 1.82) is 5.26 Å². The number of carbonyl (C=O) groups is 1. The normalized spacial score (nSPS) is 22.5. The summed E-state index contributed by atoms with van der Waals surface area (Å²) in [7, 11) is 0. The fraction of sp³-hybridized carbons (Fsp3) is 0.526. The second-order valence-corrected chi connectivity index (χ2v) is 7.61. The molecule has 1 aliphatic carbocycles. The number of ether oxygens (including phenoxy) is 1. The van der Waals surface area contributed by atoms with E-state index in [9.17, 15) is 10.1 Å². The number of aromatic nitrogens is 2. The van der Waals surface area contributed by atoms with Crippen LogP contribution in [0.5, 0.6) is 0 Å². The molecule has 0 bridgehead atoms. The molecular weight excluding hydrogens is 316 g/mol. The molecule has 132 valence electrons. The van der Waals surface area contributed by atoms with Gasteiger partial charge in [-0.3, -0.25) is 9.48 Å². The van der Waals surface area contributed by atoms with Crippen LogP contribution in [0.1, 0.15) is 57.2 Å². The van der Waals surface area contributed by atoms with E-state index in [4.69, 9.17) is 10.5 Å². The fourth-order valence-corrected chi connectivity index (χ4v) is 3.78. The van der Waals surface area contributed by atoms with Crippen LogP contribution in [-0.2, 0) is 16.1 Å². The van der Waals surface area contributed by atoms with Gasteiger partial charge in [0.25, 0.3) is 0 Å². The van der Waals surface area contributed by atoms with E-state index in [-0.39, 0.29) is 17.1 Å². The molecule has 1 aromatic rings. The quantitative estimate of drug-likeness (QED) is 0.912. The van der Waals surface area contributed by atoms with E-state index in [0.717, 1.165) is 24.2 Å². The Morgan fingerprint density at radius 1 is 1.48 bits per heavy atom. The molecule has 1 aromatic heterocycles. The lowest BCUT2D eigenvalue weighted by molar-refractivity contribution is -0.119. The van der Waals surface area contributed by atoms with E-state index in [2.05, 4.69) is 18.1 Å². The number of hydrogen-bond acceptors (Lipinski definition) is 5. The Hall–Kier alpha value is -2.55. The summed E-state index contributed by atoms with van der Waals surface area (Å²) in [6.07, 6.45) is 3.78. The van der Waals surface area contributed by atoms with Crippen molar-refractivity contribution in [2.75, 3.05) is 0 Å². The minimum atomic E-state index is -0.483. The van der Waals surface area contributed by atoms with Crippen molar-refractivity contribution in [3.63, 3.8) is 0 Å². The lowest BCUT2D eigenvalue weighted by Crippen LogP contribution is -2.33. The maximum Gasteiger partial charge on any atom is 0.205 e. The first-order valence-electron chi connectivity index (χ1n) is 8.65. The van der Waals surface area contributed by atoms with Gasteiger partial charge in [0.1, 0.15) is 17.4 Å². The van der Waals surface area contributed by atoms with Gasteiger partial charge < -0.3 is 10.5 Å². The summed E-state index contributed by atoms with van der Waals surface area (Å²) >= 11 is 0. The minimum absolute atomic E-state index is 0.0270. The summed E-state index contributed by atoms with van der Waals surface area (Å²) in [5, 5.41) is 14.1. The molecule has 0 saturated carbocycles. The SMILES string of the molecule is CCCn1ncc([C@H]2C(C#N)=C(N)OC3=C2C(=O)CC(C)(C)C3)c1C. The third-order valence-electron chi connectivity index (χ3n) is 4.96. The largest absolute Gasteiger partial charge is 0.444 e. The molecule has 0 saturated heterocycles. The monoisotopic (exact) mass is 340 g/mol. The summed E-state index contributed by atoms with van der Waals surface area (Å²) in [4.78, 5) is 12.9. The fourth-order valence-electron chi connectivity index (χ4n) is 3.78. The molecule has 0 aromatic carbocycles. The second-order valence-electron chi connectivity index (χ2n) is 7.61. The maximum absolute atomic E-state index is 12.9. The van der Waals surface area contributed by atoms with Gasteiger partial charge in [-0.15, -0.1) is 0 Å². The van der Waals surface area contributed by atoms with Gasteiger partial charge in [0.2, 0.25) is 5.88 Å². The van der Waals surface area contributed by atoms with E-state index in [1.165, 1.54) is 0 Å². The third-order valence-corrected chi connectivity index (χ3v) is 4.96. The average Bonchev–Trinajstić information content (AvgIpc) is 2.86. The number of nitrogens with two attached hydrogens (primary N) is 1. The number of aryl methyl sites for hydroxylation is 1. The molecule has 2 N–H and O–H groups in total. The summed E-state index contributed by atoms with van der Waals surface area (Å²) in [5.41, 5.74) is 8.55. The van der Waals surface area contributed by atoms with Crippen LogP contribution < -0.4 is 5.73 Å². The number of hydrogen-bond donors (Lipinski definition) is 1. The Morgan fingerprint density at radius 2 is 2.20 bits per heavy atom. The summed E-state index contributed by atoms with van der Waals surface area (Å²) in [5.74, 6) is 0.242. The first-order valence-corrected chi connectivity index (χ1v) is 8.65. The van der Waals surface area contributed by atoms with Gasteiger partial charge in [-0.1, -0.05) is 20.8 Å². The van der Waals surface area contributed by atoms with Crippen LogP contribution in [0.4, 0.5) is 0 Å². The highest BCUT2D eigenvalue weighted by Gasteiger charge is 2.43. The Bertz CT molecular complexity index is 836. The lowest BCUT2D eigenvalue weighted by Gasteiger charge is -2.37. The molecule has 0 spiro atoms. The number of nitrogens with zero attached hydrogens (tertiary/aromatic N) is 3. The number of carbonyl (C=O) groups excluding carboxylic acids is 1. The van der Waals surface area contributed by atoms with Crippen molar-refractivity contribution >= 4 is 5.78 Å². The molecule has 0 amide bonds. The highest BCUT2D eigenvalue weighted by molar-refractivity contribution is 6.00. The van der Waals surface area contributed by atoms with Crippen molar-refractivity contribution in [2.24, 2.45) is 11.1 Å². The lowest BCUT2D eigenvalue weighted by atomic mass is 9.70. The number of nitriles is 1. The molecule has 0 radical (unpaired) electrons. The highest BCUT2D eigenvalue weighted by Crippen LogP contribution is 2.48. The van der Waals surface area contributed by atoms with Gasteiger partial charge in [-0.2, -0.15) is 10.4 Å². The Morgan fingerprint density at radius 3 is 2.84 bits per heavy atom. The van der Waals surface area contributed by atoms with Gasteiger partial charge in [-0.05, 0) is 18.8 Å². The van der Waals surface area contributed by atoms with Crippen LogP contribution in [-0.4, -0.2) is 15.6 Å². The number of allylic oxidation sites excluding steroid dienone is 3. The van der Waals surface area contributed by atoms with Gasteiger partial charge in [0, 0.05) is 36.2 Å². The molecule has 3 rings (SSSR count). The Labute approximate surface area is 147 Å². The molecule has 6 nitrogen and oxygen atoms in total. The predicted molar refractivity (Wildman–Crippen MR) is 93.0 cm³/mol. The van der Waals surface area contributed by atoms with Crippen molar-refractivity contribution in [3.05, 3.63) is 40.2 Å². The Balaban J connectivity index is 2.17. The van der Waals surface area contributed by atoms with Crippen molar-refractivity contribution in [1.82, 2.24) is 9.78 Å². The molecule has 25 heavy (non-hydrogen) atoms. The van der Waals surface area contributed by atoms with E-state index in [0.29, 0.717) is 29.7 Å². The third kappa shape index (κ3) is 2.84. The van der Waals surface area contributed by atoms with Crippen LogP contribution in [0.15, 0.2) is 29.0 Å². The van der Waals surface area contributed by atoms with E-state index < -0.39 is 5.92 Å². The maximum atomic E-state index is 12.9. The zero-order chi connectivity index (χ0) is 18.4. The topological polar surface area (TPSA) is 93.9 Å². The molecule has 6 heteroatoms. The van der Waals surface area contributed by atoms with Gasteiger partial charge in [0.05, 0.1) is 12.1 Å². The molecule has 0 fully saturated rings. The van der Waals surface area contributed by atoms with Gasteiger partial charge >= 0.3 is 0 Å². The van der Waals surface area contributed by atoms with Crippen molar-refractivity contribution in [3.8, 4) is 6.07 Å². The van der Waals surface area contributed by atoms with Crippen LogP contribution in [0.2, 0.25) is 0 Å².